The predicted octanol–water partition coefficient (Wildman–Crippen LogP) is 6.47. The molecule has 1 fully saturated rings. The van der Waals surface area contributed by atoms with Gasteiger partial charge in [-0.3, -0.25) is 4.79 Å². The van der Waals surface area contributed by atoms with Gasteiger partial charge in [0.2, 0.25) is 11.9 Å². The molecule has 4 rings (SSSR count). The Labute approximate surface area is 196 Å². The number of anilines is 2. The fourth-order valence-corrected chi connectivity index (χ4v) is 5.38. The number of hydrogen-bond donors (Lipinski definition) is 2. The number of nitrogens with two attached hydrogens (primary N) is 1. The number of nitrogens with one attached hydrogen (secondary N) is 1. The van der Waals surface area contributed by atoms with Gasteiger partial charge < -0.3 is 20.4 Å². The third-order valence-corrected chi connectivity index (χ3v) is 6.45. The van der Waals surface area contributed by atoms with Crippen molar-refractivity contribution in [1.29, 1.82) is 0 Å². The van der Waals surface area contributed by atoms with Gasteiger partial charge in [0, 0.05) is 17.3 Å². The SMILES string of the molecule is Cc1c(C(N)=O)ccc2c1nc(Nc1ccc(OC(F)(F)F)cc1)n2[C@H]1C[C@H](C)CC(C)(C)C1. The largest absolute Gasteiger partial charge is 0.573 e. The fraction of sp³-hybridized carbons (Fsp3) is 0.440. The Hall–Kier alpha value is -3.23. The fourth-order valence-electron chi connectivity index (χ4n) is 5.38. The Morgan fingerprint density at radius 1 is 1.18 bits per heavy atom. The molecule has 0 unspecified atom stereocenters. The number of rotatable bonds is 5. The highest BCUT2D eigenvalue weighted by Crippen LogP contribution is 2.46. The summed E-state index contributed by atoms with van der Waals surface area (Å²) in [4.78, 5) is 16.7. The van der Waals surface area contributed by atoms with Crippen LogP contribution in [0.1, 0.15) is 62.0 Å². The number of fused-ring (bicyclic) bond motifs is 1. The van der Waals surface area contributed by atoms with E-state index >= 15 is 0 Å². The standard InChI is InChI=1S/C25H29F3N4O2/c1-14-11-17(13-24(3,4)12-14)32-20-10-9-19(22(29)33)15(2)21(20)31-23(32)30-16-5-7-18(8-6-16)34-25(26,27)28/h5-10,14,17H,11-13H2,1-4H3,(H2,29,33)(H,30,31)/t14-,17-/m0/s1. The Morgan fingerprint density at radius 3 is 2.44 bits per heavy atom. The quantitative estimate of drug-likeness (QED) is 0.444. The summed E-state index contributed by atoms with van der Waals surface area (Å²) in [7, 11) is 0. The lowest BCUT2D eigenvalue weighted by Crippen LogP contribution is -2.29. The number of hydrogen-bond acceptors (Lipinski definition) is 4. The van der Waals surface area contributed by atoms with Crippen LogP contribution in [0.2, 0.25) is 0 Å². The molecule has 0 bridgehead atoms. The molecule has 1 aromatic heterocycles. The molecule has 2 aromatic carbocycles. The number of aromatic nitrogens is 2. The molecule has 9 heteroatoms. The van der Waals surface area contributed by atoms with Crippen molar-refractivity contribution in [3.05, 3.63) is 47.5 Å². The van der Waals surface area contributed by atoms with Gasteiger partial charge >= 0.3 is 6.36 Å². The van der Waals surface area contributed by atoms with Gasteiger partial charge in [-0.1, -0.05) is 20.8 Å². The van der Waals surface area contributed by atoms with Crippen LogP contribution in [0.25, 0.3) is 11.0 Å². The molecule has 1 aliphatic carbocycles. The zero-order chi connectivity index (χ0) is 24.8. The highest BCUT2D eigenvalue weighted by molar-refractivity contribution is 5.99. The van der Waals surface area contributed by atoms with Crippen LogP contribution in [0.15, 0.2) is 36.4 Å². The molecule has 1 saturated carbocycles. The van der Waals surface area contributed by atoms with Crippen LogP contribution < -0.4 is 15.8 Å². The van der Waals surface area contributed by atoms with Gasteiger partial charge in [0.25, 0.3) is 0 Å². The molecule has 1 aliphatic rings. The van der Waals surface area contributed by atoms with Crippen LogP contribution in [0.3, 0.4) is 0 Å². The highest BCUT2D eigenvalue weighted by atomic mass is 19.4. The molecular weight excluding hydrogens is 445 g/mol. The summed E-state index contributed by atoms with van der Waals surface area (Å²) in [6.07, 6.45) is -1.70. The Kier molecular flexibility index (Phi) is 5.99. The third-order valence-electron chi connectivity index (χ3n) is 6.45. The number of carbonyl (C=O) groups is 1. The molecule has 1 heterocycles. The van der Waals surface area contributed by atoms with Gasteiger partial charge in [-0.25, -0.2) is 4.98 Å². The summed E-state index contributed by atoms with van der Waals surface area (Å²) >= 11 is 0. The lowest BCUT2D eigenvalue weighted by molar-refractivity contribution is -0.274. The minimum Gasteiger partial charge on any atom is -0.406 e. The predicted molar refractivity (Wildman–Crippen MR) is 125 cm³/mol. The molecule has 182 valence electrons. The zero-order valence-electron chi connectivity index (χ0n) is 19.7. The van der Waals surface area contributed by atoms with Crippen LogP contribution >= 0.6 is 0 Å². The van der Waals surface area contributed by atoms with Crippen molar-refractivity contribution in [1.82, 2.24) is 9.55 Å². The molecule has 3 N–H and O–H groups in total. The summed E-state index contributed by atoms with van der Waals surface area (Å²) in [6, 6.07) is 9.30. The van der Waals surface area contributed by atoms with Crippen LogP contribution in [0, 0.1) is 18.3 Å². The molecule has 1 amide bonds. The number of halogens is 3. The van der Waals surface area contributed by atoms with Gasteiger partial charge in [0.1, 0.15) is 5.75 Å². The number of aryl methyl sites for hydroxylation is 1. The van der Waals surface area contributed by atoms with E-state index in [9.17, 15) is 18.0 Å². The second kappa shape index (κ2) is 8.52. The zero-order valence-corrected chi connectivity index (χ0v) is 19.7. The van der Waals surface area contributed by atoms with Gasteiger partial charge in [0.15, 0.2) is 0 Å². The van der Waals surface area contributed by atoms with Crippen LogP contribution in [-0.4, -0.2) is 21.8 Å². The van der Waals surface area contributed by atoms with Crippen molar-refractivity contribution in [3.8, 4) is 5.75 Å². The normalized spacial score (nSPS) is 20.3. The van der Waals surface area contributed by atoms with E-state index in [4.69, 9.17) is 10.7 Å². The summed E-state index contributed by atoms with van der Waals surface area (Å²) in [6.45, 7) is 8.59. The minimum atomic E-state index is -4.75. The first-order valence-corrected chi connectivity index (χ1v) is 11.3. The third kappa shape index (κ3) is 4.98. The van der Waals surface area contributed by atoms with E-state index in [1.165, 1.54) is 24.3 Å². The van der Waals surface area contributed by atoms with Crippen molar-refractivity contribution >= 4 is 28.6 Å². The van der Waals surface area contributed by atoms with Crippen molar-refractivity contribution < 1.29 is 22.7 Å². The van der Waals surface area contributed by atoms with Crippen LogP contribution in [-0.2, 0) is 0 Å². The van der Waals surface area contributed by atoms with Gasteiger partial charge in [0.05, 0.1) is 11.0 Å². The average Bonchev–Trinajstić information content (AvgIpc) is 3.06. The second-order valence-corrected chi connectivity index (χ2v) is 10.0. The lowest BCUT2D eigenvalue weighted by Gasteiger charge is -2.40. The first-order valence-electron chi connectivity index (χ1n) is 11.3. The highest BCUT2D eigenvalue weighted by Gasteiger charge is 2.35. The van der Waals surface area contributed by atoms with Crippen molar-refractivity contribution in [2.24, 2.45) is 17.1 Å². The average molecular weight is 475 g/mol. The second-order valence-electron chi connectivity index (χ2n) is 10.0. The van der Waals surface area contributed by atoms with Gasteiger partial charge in [-0.05, 0) is 79.5 Å². The maximum atomic E-state index is 12.5. The summed E-state index contributed by atoms with van der Waals surface area (Å²) in [5.41, 5.74) is 8.94. The van der Waals surface area contributed by atoms with Crippen molar-refractivity contribution in [2.75, 3.05) is 5.32 Å². The number of imidazole rings is 1. The summed E-state index contributed by atoms with van der Waals surface area (Å²) < 4.78 is 43.6. The molecule has 2 atom stereocenters. The summed E-state index contributed by atoms with van der Waals surface area (Å²) in [5, 5.41) is 3.27. The van der Waals surface area contributed by atoms with Crippen molar-refractivity contribution in [3.63, 3.8) is 0 Å². The number of nitrogens with zero attached hydrogens (tertiary/aromatic N) is 2. The number of alkyl halides is 3. The van der Waals surface area contributed by atoms with E-state index in [2.05, 4.69) is 35.4 Å². The van der Waals surface area contributed by atoms with Crippen molar-refractivity contribution in [2.45, 2.75) is 59.4 Å². The van der Waals surface area contributed by atoms with E-state index in [1.54, 1.807) is 6.07 Å². The lowest BCUT2D eigenvalue weighted by atomic mass is 9.70. The van der Waals surface area contributed by atoms with Crippen LogP contribution in [0.4, 0.5) is 24.8 Å². The maximum Gasteiger partial charge on any atom is 0.573 e. The first-order chi connectivity index (χ1) is 15.8. The number of amides is 1. The Morgan fingerprint density at radius 2 is 1.85 bits per heavy atom. The maximum absolute atomic E-state index is 12.5. The van der Waals surface area contributed by atoms with Crippen LogP contribution in [0.5, 0.6) is 5.75 Å². The van der Waals surface area contributed by atoms with E-state index < -0.39 is 12.3 Å². The molecule has 3 aromatic rings. The molecule has 0 radical (unpaired) electrons. The monoisotopic (exact) mass is 474 g/mol. The number of carbonyl (C=O) groups excluding carboxylic acids is 1. The summed E-state index contributed by atoms with van der Waals surface area (Å²) in [5.74, 6) is 0.274. The molecular formula is C25H29F3N4O2. The number of primary amides is 1. The molecule has 0 saturated heterocycles. The topological polar surface area (TPSA) is 82.2 Å². The molecule has 6 nitrogen and oxygen atoms in total. The first kappa shape index (κ1) is 23.9. The van der Waals surface area contributed by atoms with E-state index in [1.807, 2.05) is 13.0 Å². The number of benzene rings is 2. The minimum absolute atomic E-state index is 0.148. The van der Waals surface area contributed by atoms with E-state index in [-0.39, 0.29) is 17.2 Å². The Bertz CT molecular complexity index is 1220. The molecule has 0 aliphatic heterocycles. The molecule has 0 spiro atoms. The van der Waals surface area contributed by atoms with E-state index in [0.29, 0.717) is 34.2 Å². The smallest absolute Gasteiger partial charge is 0.406 e. The van der Waals surface area contributed by atoms with E-state index in [0.717, 1.165) is 24.8 Å². The molecule has 34 heavy (non-hydrogen) atoms. The Balaban J connectivity index is 1.78. The van der Waals surface area contributed by atoms with Gasteiger partial charge in [-0.2, -0.15) is 0 Å². The van der Waals surface area contributed by atoms with Gasteiger partial charge in [-0.15, -0.1) is 13.2 Å². The number of ether oxygens (including phenoxy) is 1.